The number of nitrogens with one attached hydrogen (secondary N) is 1. The first kappa shape index (κ1) is 23.8. The van der Waals surface area contributed by atoms with Crippen molar-refractivity contribution in [1.29, 1.82) is 0 Å². The van der Waals surface area contributed by atoms with Gasteiger partial charge in [0.2, 0.25) is 5.91 Å². The predicted octanol–water partition coefficient (Wildman–Crippen LogP) is 2.46. The second-order valence-electron chi connectivity index (χ2n) is 6.71. The van der Waals surface area contributed by atoms with Crippen molar-refractivity contribution in [2.24, 2.45) is 5.11 Å². The lowest BCUT2D eigenvalue weighted by Crippen LogP contribution is -2.46. The molecule has 0 aromatic heterocycles. The number of hydrogen-bond acceptors (Lipinski definition) is 7. The van der Waals surface area contributed by atoms with Crippen LogP contribution in [0, 0.1) is 0 Å². The summed E-state index contributed by atoms with van der Waals surface area (Å²) in [5.74, 6) is -0.563. The lowest BCUT2D eigenvalue weighted by molar-refractivity contribution is -0.141. The van der Waals surface area contributed by atoms with E-state index >= 15 is 0 Å². The molecule has 1 aliphatic heterocycles. The van der Waals surface area contributed by atoms with E-state index in [4.69, 9.17) is 20.1 Å². The van der Waals surface area contributed by atoms with Gasteiger partial charge in [0, 0.05) is 29.4 Å². The highest BCUT2D eigenvalue weighted by molar-refractivity contribution is 7.98. The second-order valence-corrected chi connectivity index (χ2v) is 7.74. The molecule has 0 bridgehead atoms. The van der Waals surface area contributed by atoms with Crippen LogP contribution in [0.25, 0.3) is 10.4 Å². The first-order chi connectivity index (χ1) is 14.5. The van der Waals surface area contributed by atoms with Gasteiger partial charge in [0.05, 0.1) is 6.61 Å². The highest BCUT2D eigenvalue weighted by Crippen LogP contribution is 2.22. The van der Waals surface area contributed by atoms with E-state index in [1.54, 1.807) is 0 Å². The number of ether oxygens (including phenoxy) is 2. The summed E-state index contributed by atoms with van der Waals surface area (Å²) in [6, 6.07) is 5.22. The zero-order valence-electron chi connectivity index (χ0n) is 16.5. The third-order valence-corrected chi connectivity index (χ3v) is 5.47. The van der Waals surface area contributed by atoms with Crippen molar-refractivity contribution in [3.05, 3.63) is 40.3 Å². The second kappa shape index (κ2) is 13.0. The quantitative estimate of drug-likeness (QED) is 0.257. The van der Waals surface area contributed by atoms with Crippen molar-refractivity contribution in [2.75, 3.05) is 19.0 Å². The van der Waals surface area contributed by atoms with E-state index in [0.29, 0.717) is 18.1 Å². The third kappa shape index (κ3) is 8.11. The van der Waals surface area contributed by atoms with Crippen LogP contribution >= 0.6 is 11.8 Å². The molecule has 30 heavy (non-hydrogen) atoms. The van der Waals surface area contributed by atoms with Crippen LogP contribution in [0.2, 0.25) is 0 Å². The molecule has 0 aliphatic carbocycles. The molecule has 1 heterocycles. The van der Waals surface area contributed by atoms with Crippen molar-refractivity contribution in [2.45, 2.75) is 49.8 Å². The number of aliphatic hydroxyl groups is 1. The summed E-state index contributed by atoms with van der Waals surface area (Å²) in [6.45, 7) is 0.343. The zero-order chi connectivity index (χ0) is 21.8. The Labute approximate surface area is 178 Å². The number of nitrogens with zero attached hydrogens (tertiary/aromatic N) is 3. The fourth-order valence-electron chi connectivity index (χ4n) is 2.83. The van der Waals surface area contributed by atoms with Crippen LogP contribution in [0.3, 0.4) is 0 Å². The van der Waals surface area contributed by atoms with Gasteiger partial charge in [-0.1, -0.05) is 17.2 Å². The van der Waals surface area contributed by atoms with Crippen LogP contribution < -0.4 is 10.1 Å². The molecular weight excluding hydrogens is 412 g/mol. The number of amides is 1. The molecule has 10 nitrogen and oxygen atoms in total. The maximum Gasteiger partial charge on any atom is 0.327 e. The van der Waals surface area contributed by atoms with Crippen molar-refractivity contribution in [1.82, 2.24) is 5.32 Å². The number of carboxylic acid groups (broad SMARTS) is 1. The lowest BCUT2D eigenvalue weighted by atomic mass is 10.2. The standard InChI is InChI=1S/C19H26N4O6S/c20-23-22-15(7-8-24)18(25)21-16(19(26)27)12-30-11-13-4-3-5-14(10-13)29-17-6-1-2-9-28-17/h3-5,10,15-17,24H,1-2,6-9,11-12H2,(H,21,25)(H,26,27)/t15-,16?,17?/m0/s1. The number of thioether (sulfide) groups is 1. The number of hydrogen-bond donors (Lipinski definition) is 3. The molecule has 1 amide bonds. The Hall–Kier alpha value is -2.46. The Kier molecular flexibility index (Phi) is 10.3. The van der Waals surface area contributed by atoms with Crippen LogP contribution in [0.5, 0.6) is 5.75 Å². The summed E-state index contributed by atoms with van der Waals surface area (Å²) >= 11 is 1.34. The van der Waals surface area contributed by atoms with Gasteiger partial charge in [-0.15, -0.1) is 0 Å². The van der Waals surface area contributed by atoms with Crippen LogP contribution in [-0.4, -0.2) is 59.4 Å². The monoisotopic (exact) mass is 438 g/mol. The molecular formula is C19H26N4O6S. The molecule has 2 unspecified atom stereocenters. The minimum absolute atomic E-state index is 0.0765. The Balaban J connectivity index is 1.86. The van der Waals surface area contributed by atoms with Gasteiger partial charge in [-0.25, -0.2) is 4.79 Å². The minimum atomic E-state index is -1.19. The number of carboxylic acids is 1. The number of benzene rings is 1. The summed E-state index contributed by atoms with van der Waals surface area (Å²) in [7, 11) is 0. The van der Waals surface area contributed by atoms with E-state index in [9.17, 15) is 14.7 Å². The maximum atomic E-state index is 12.1. The first-order valence-electron chi connectivity index (χ1n) is 9.66. The summed E-state index contributed by atoms with van der Waals surface area (Å²) < 4.78 is 11.4. The van der Waals surface area contributed by atoms with Crippen LogP contribution in [0.1, 0.15) is 31.2 Å². The summed E-state index contributed by atoms with van der Waals surface area (Å²) in [5, 5.41) is 24.0. The van der Waals surface area contributed by atoms with Gasteiger partial charge in [-0.05, 0) is 42.5 Å². The summed E-state index contributed by atoms with van der Waals surface area (Å²) in [5.41, 5.74) is 9.46. The molecule has 0 saturated carbocycles. The maximum absolute atomic E-state index is 12.1. The molecule has 3 N–H and O–H groups in total. The number of carbonyl (C=O) groups is 2. The van der Waals surface area contributed by atoms with E-state index in [1.165, 1.54) is 11.8 Å². The minimum Gasteiger partial charge on any atom is -0.480 e. The Morgan fingerprint density at radius 2 is 2.27 bits per heavy atom. The number of azide groups is 1. The van der Waals surface area contributed by atoms with E-state index in [-0.39, 0.29) is 25.1 Å². The third-order valence-electron chi connectivity index (χ3n) is 4.37. The van der Waals surface area contributed by atoms with Gasteiger partial charge in [-0.2, -0.15) is 11.8 Å². The number of rotatable bonds is 12. The average Bonchev–Trinajstić information content (AvgIpc) is 2.73. The van der Waals surface area contributed by atoms with Gasteiger partial charge in [0.15, 0.2) is 6.29 Å². The van der Waals surface area contributed by atoms with Gasteiger partial charge in [0.1, 0.15) is 17.8 Å². The Bertz CT molecular complexity index is 752. The topological polar surface area (TPSA) is 154 Å². The smallest absolute Gasteiger partial charge is 0.327 e. The van der Waals surface area contributed by atoms with Crippen molar-refractivity contribution in [3.8, 4) is 5.75 Å². The lowest BCUT2D eigenvalue weighted by Gasteiger charge is -2.23. The molecule has 1 aromatic carbocycles. The summed E-state index contributed by atoms with van der Waals surface area (Å²) in [4.78, 5) is 26.2. The molecule has 1 aliphatic rings. The zero-order valence-corrected chi connectivity index (χ0v) is 17.3. The van der Waals surface area contributed by atoms with Gasteiger partial charge in [0.25, 0.3) is 0 Å². The molecule has 164 valence electrons. The fraction of sp³-hybridized carbons (Fsp3) is 0.579. The van der Waals surface area contributed by atoms with E-state index in [2.05, 4.69) is 15.3 Å². The molecule has 2 rings (SSSR count). The van der Waals surface area contributed by atoms with E-state index in [1.807, 2.05) is 24.3 Å². The Morgan fingerprint density at radius 3 is 2.93 bits per heavy atom. The van der Waals surface area contributed by atoms with Crippen LogP contribution in [0.4, 0.5) is 0 Å². The molecule has 0 radical (unpaired) electrons. The number of carbonyl (C=O) groups excluding carboxylic acids is 1. The van der Waals surface area contributed by atoms with Crippen LogP contribution in [-0.2, 0) is 20.1 Å². The number of aliphatic carboxylic acids is 1. The fourth-order valence-corrected chi connectivity index (χ4v) is 3.82. The van der Waals surface area contributed by atoms with E-state index in [0.717, 1.165) is 24.8 Å². The van der Waals surface area contributed by atoms with Gasteiger partial charge in [-0.3, -0.25) is 4.79 Å². The molecule has 1 saturated heterocycles. The van der Waals surface area contributed by atoms with Gasteiger partial charge < -0.3 is 25.0 Å². The van der Waals surface area contributed by atoms with Crippen molar-refractivity contribution in [3.63, 3.8) is 0 Å². The highest BCUT2D eigenvalue weighted by atomic mass is 32.2. The molecule has 1 aromatic rings. The molecule has 1 fully saturated rings. The molecule has 3 atom stereocenters. The van der Waals surface area contributed by atoms with Crippen LogP contribution in [0.15, 0.2) is 29.4 Å². The normalized spacial score (nSPS) is 18.0. The van der Waals surface area contributed by atoms with Gasteiger partial charge >= 0.3 is 5.97 Å². The average molecular weight is 439 g/mol. The SMILES string of the molecule is [N-]=[N+]=N[C@@H](CCO)C(=O)NC(CSCc1cccc(OC2CCCCO2)c1)C(=O)O. The molecule has 0 spiro atoms. The van der Waals surface area contributed by atoms with Crippen molar-refractivity contribution < 1.29 is 29.3 Å². The van der Waals surface area contributed by atoms with Crippen molar-refractivity contribution >= 4 is 23.6 Å². The molecule has 11 heteroatoms. The largest absolute Gasteiger partial charge is 0.480 e. The predicted molar refractivity (Wildman–Crippen MR) is 111 cm³/mol. The number of aliphatic hydroxyl groups excluding tert-OH is 1. The van der Waals surface area contributed by atoms with E-state index < -0.39 is 24.0 Å². The Morgan fingerprint density at radius 1 is 1.43 bits per heavy atom. The summed E-state index contributed by atoms with van der Waals surface area (Å²) in [6.07, 6.45) is 2.65. The first-order valence-corrected chi connectivity index (χ1v) is 10.8. The highest BCUT2D eigenvalue weighted by Gasteiger charge is 2.24.